The van der Waals surface area contributed by atoms with Gasteiger partial charge < -0.3 is 15.2 Å². The van der Waals surface area contributed by atoms with E-state index in [9.17, 15) is 9.59 Å². The van der Waals surface area contributed by atoms with Gasteiger partial charge >= 0.3 is 0 Å². The quantitative estimate of drug-likeness (QED) is 0.884. The van der Waals surface area contributed by atoms with Gasteiger partial charge in [0.25, 0.3) is 11.8 Å². The lowest BCUT2D eigenvalue weighted by atomic mass is 10.1. The molecule has 2 heterocycles. The molecule has 1 aromatic carbocycles. The predicted octanol–water partition coefficient (Wildman–Crippen LogP) is 2.48. The molecular weight excluding hydrogens is 330 g/mol. The van der Waals surface area contributed by atoms with E-state index in [1.807, 2.05) is 24.5 Å². The molecule has 1 aliphatic heterocycles. The number of aromatic nitrogens is 2. The van der Waals surface area contributed by atoms with Gasteiger partial charge in [-0.2, -0.15) is 5.26 Å². The number of imidazole rings is 1. The highest BCUT2D eigenvalue weighted by molar-refractivity contribution is 6.03. The largest absolute Gasteiger partial charge is 0.348 e. The zero-order valence-electron chi connectivity index (χ0n) is 14.9. The Morgan fingerprint density at radius 2 is 2.08 bits per heavy atom. The summed E-state index contributed by atoms with van der Waals surface area (Å²) in [7, 11) is 0. The zero-order valence-corrected chi connectivity index (χ0v) is 14.9. The molecule has 0 saturated carbocycles. The Morgan fingerprint density at radius 1 is 1.27 bits per heavy atom. The molecule has 0 saturated heterocycles. The van der Waals surface area contributed by atoms with Gasteiger partial charge in [-0.05, 0) is 51.3 Å². The second-order valence-corrected chi connectivity index (χ2v) is 6.61. The zero-order chi connectivity index (χ0) is 18.7. The van der Waals surface area contributed by atoms with Gasteiger partial charge in [-0.25, -0.2) is 4.98 Å². The third-order valence-corrected chi connectivity index (χ3v) is 4.21. The van der Waals surface area contributed by atoms with Gasteiger partial charge in [-0.1, -0.05) is 6.07 Å². The molecule has 7 heteroatoms. The summed E-state index contributed by atoms with van der Waals surface area (Å²) in [4.78, 5) is 29.5. The molecular formula is C19H21N5O2. The van der Waals surface area contributed by atoms with E-state index in [1.54, 1.807) is 24.3 Å². The lowest BCUT2D eigenvalue weighted by Gasteiger charge is -2.17. The molecule has 0 aliphatic carbocycles. The number of nitrogens with zero attached hydrogens (tertiary/aromatic N) is 3. The number of carbonyl (C=O) groups excluding carboxylic acids is 2. The van der Waals surface area contributed by atoms with Crippen LogP contribution in [0.1, 0.15) is 59.1 Å². The van der Waals surface area contributed by atoms with Crippen LogP contribution in [0.2, 0.25) is 0 Å². The maximum Gasteiger partial charge on any atom is 0.291 e. The molecule has 0 spiro atoms. The van der Waals surface area contributed by atoms with Crippen LogP contribution in [0, 0.1) is 11.3 Å². The topological polar surface area (TPSA) is 99.8 Å². The number of amides is 2. The van der Waals surface area contributed by atoms with Crippen LogP contribution in [-0.4, -0.2) is 27.4 Å². The summed E-state index contributed by atoms with van der Waals surface area (Å²) in [6.07, 6.45) is 2.64. The van der Waals surface area contributed by atoms with E-state index in [-0.39, 0.29) is 23.7 Å². The highest BCUT2D eigenvalue weighted by atomic mass is 16.2. The fourth-order valence-corrected chi connectivity index (χ4v) is 3.08. The van der Waals surface area contributed by atoms with Crippen molar-refractivity contribution >= 4 is 17.5 Å². The standard InChI is InChI=1S/C19H21N5O2/c1-12(2)21-18(25)16-15-8-3-4-9-24(15)17(23-16)19(26)22-14-7-5-6-13(10-14)11-20/h5-7,10,12H,3-4,8-9H2,1-2H3,(H,21,25)(H,22,26). The molecule has 2 N–H and O–H groups in total. The van der Waals surface area contributed by atoms with Crippen LogP contribution >= 0.6 is 0 Å². The van der Waals surface area contributed by atoms with E-state index in [0.717, 1.165) is 25.0 Å². The molecule has 1 aromatic heterocycles. The maximum absolute atomic E-state index is 12.7. The van der Waals surface area contributed by atoms with Gasteiger partial charge in [0.2, 0.25) is 0 Å². The van der Waals surface area contributed by atoms with Crippen molar-refractivity contribution < 1.29 is 9.59 Å². The molecule has 134 valence electrons. The molecule has 2 aromatic rings. The second-order valence-electron chi connectivity index (χ2n) is 6.61. The minimum atomic E-state index is -0.383. The monoisotopic (exact) mass is 351 g/mol. The second kappa shape index (κ2) is 7.40. The van der Waals surface area contributed by atoms with Crippen molar-refractivity contribution in [1.82, 2.24) is 14.9 Å². The van der Waals surface area contributed by atoms with Crippen molar-refractivity contribution in [3.8, 4) is 6.07 Å². The van der Waals surface area contributed by atoms with Crippen LogP contribution in [0.3, 0.4) is 0 Å². The van der Waals surface area contributed by atoms with Crippen molar-refractivity contribution in [3.63, 3.8) is 0 Å². The Labute approximate surface area is 152 Å². The molecule has 0 fully saturated rings. The van der Waals surface area contributed by atoms with Crippen molar-refractivity contribution in [2.75, 3.05) is 5.32 Å². The van der Waals surface area contributed by atoms with E-state index < -0.39 is 0 Å². The number of carbonyl (C=O) groups is 2. The smallest absolute Gasteiger partial charge is 0.291 e. The molecule has 1 aliphatic rings. The number of hydrogen-bond donors (Lipinski definition) is 2. The SMILES string of the molecule is CC(C)NC(=O)c1nc(C(=O)Nc2cccc(C#N)c2)n2c1CCCC2. The van der Waals surface area contributed by atoms with Gasteiger partial charge in [0.1, 0.15) is 5.69 Å². The number of fused-ring (bicyclic) bond motifs is 1. The molecule has 7 nitrogen and oxygen atoms in total. The first-order chi connectivity index (χ1) is 12.5. The Balaban J connectivity index is 1.91. The minimum absolute atomic E-state index is 0.00515. The Hall–Kier alpha value is -3.14. The fourth-order valence-electron chi connectivity index (χ4n) is 3.08. The predicted molar refractivity (Wildman–Crippen MR) is 96.9 cm³/mol. The van der Waals surface area contributed by atoms with E-state index >= 15 is 0 Å². The van der Waals surface area contributed by atoms with E-state index in [4.69, 9.17) is 5.26 Å². The van der Waals surface area contributed by atoms with Crippen LogP contribution < -0.4 is 10.6 Å². The van der Waals surface area contributed by atoms with E-state index in [2.05, 4.69) is 15.6 Å². The van der Waals surface area contributed by atoms with Gasteiger partial charge in [0.05, 0.1) is 17.3 Å². The maximum atomic E-state index is 12.7. The number of benzene rings is 1. The molecule has 0 radical (unpaired) electrons. The molecule has 26 heavy (non-hydrogen) atoms. The molecule has 0 unspecified atom stereocenters. The van der Waals surface area contributed by atoms with Gasteiger partial charge in [0, 0.05) is 18.3 Å². The summed E-state index contributed by atoms with van der Waals surface area (Å²) in [5, 5.41) is 14.6. The number of nitriles is 1. The van der Waals surface area contributed by atoms with E-state index in [0.29, 0.717) is 23.5 Å². The van der Waals surface area contributed by atoms with Crippen LogP contribution in [0.25, 0.3) is 0 Å². The van der Waals surface area contributed by atoms with Crippen LogP contribution in [0.4, 0.5) is 5.69 Å². The summed E-state index contributed by atoms with van der Waals surface area (Å²) in [6, 6.07) is 8.73. The van der Waals surface area contributed by atoms with Crippen LogP contribution in [0.5, 0.6) is 0 Å². The van der Waals surface area contributed by atoms with Crippen LogP contribution in [0.15, 0.2) is 24.3 Å². The van der Waals surface area contributed by atoms with Crippen molar-refractivity contribution in [2.24, 2.45) is 0 Å². The molecule has 2 amide bonds. The Bertz CT molecular complexity index is 892. The van der Waals surface area contributed by atoms with Gasteiger partial charge in [-0.3, -0.25) is 9.59 Å². The summed E-state index contributed by atoms with van der Waals surface area (Å²) in [6.45, 7) is 4.44. The fraction of sp³-hybridized carbons (Fsp3) is 0.368. The highest BCUT2D eigenvalue weighted by Crippen LogP contribution is 2.22. The average Bonchev–Trinajstić information content (AvgIpc) is 3.01. The highest BCUT2D eigenvalue weighted by Gasteiger charge is 2.27. The van der Waals surface area contributed by atoms with E-state index in [1.165, 1.54) is 0 Å². The third kappa shape index (κ3) is 3.59. The summed E-state index contributed by atoms with van der Waals surface area (Å²) < 4.78 is 1.84. The number of anilines is 1. The third-order valence-electron chi connectivity index (χ3n) is 4.21. The Morgan fingerprint density at radius 3 is 2.81 bits per heavy atom. The lowest BCUT2D eigenvalue weighted by molar-refractivity contribution is 0.0937. The first kappa shape index (κ1) is 17.7. The van der Waals surface area contributed by atoms with Crippen molar-refractivity contribution in [2.45, 2.75) is 45.7 Å². The minimum Gasteiger partial charge on any atom is -0.348 e. The van der Waals surface area contributed by atoms with Crippen LogP contribution in [-0.2, 0) is 13.0 Å². The van der Waals surface area contributed by atoms with Gasteiger partial charge in [0.15, 0.2) is 5.82 Å². The normalized spacial score (nSPS) is 13.0. The van der Waals surface area contributed by atoms with Crippen molar-refractivity contribution in [1.29, 1.82) is 5.26 Å². The summed E-state index contributed by atoms with van der Waals surface area (Å²) in [5.74, 6) is -0.404. The first-order valence-electron chi connectivity index (χ1n) is 8.71. The number of rotatable bonds is 4. The molecule has 0 bridgehead atoms. The summed E-state index contributed by atoms with van der Waals surface area (Å²) in [5.41, 5.74) is 2.12. The number of hydrogen-bond acceptors (Lipinski definition) is 4. The van der Waals surface area contributed by atoms with Gasteiger partial charge in [-0.15, -0.1) is 0 Å². The Kier molecular flexibility index (Phi) is 5.03. The van der Waals surface area contributed by atoms with Crippen molar-refractivity contribution in [3.05, 3.63) is 47.0 Å². The lowest BCUT2D eigenvalue weighted by Crippen LogP contribution is -2.31. The summed E-state index contributed by atoms with van der Waals surface area (Å²) >= 11 is 0. The first-order valence-corrected chi connectivity index (χ1v) is 8.71. The molecule has 0 atom stereocenters. The molecule has 3 rings (SSSR count). The number of nitrogens with one attached hydrogen (secondary N) is 2. The average molecular weight is 351 g/mol.